The first-order valence-electron chi connectivity index (χ1n) is 6.82. The van der Waals surface area contributed by atoms with E-state index >= 15 is 0 Å². The van der Waals surface area contributed by atoms with Gasteiger partial charge in [-0.15, -0.1) is 0 Å². The number of aromatic hydroxyl groups is 1. The number of carbonyl (C=O) groups excluding carboxylic acids is 1. The Hall–Kier alpha value is -1.51. The summed E-state index contributed by atoms with van der Waals surface area (Å²) in [6, 6.07) is 5.49. The molecule has 0 heterocycles. The molecule has 0 saturated heterocycles. The van der Waals surface area contributed by atoms with Gasteiger partial charge in [0.15, 0.2) is 0 Å². The molecule has 0 bridgehead atoms. The molecule has 1 aromatic carbocycles. The van der Waals surface area contributed by atoms with Gasteiger partial charge >= 0.3 is 5.97 Å². The molecule has 0 aliphatic heterocycles. The Morgan fingerprint density at radius 2 is 2.21 bits per heavy atom. The summed E-state index contributed by atoms with van der Waals surface area (Å²) in [7, 11) is 1.45. The number of carbonyl (C=O) groups is 1. The van der Waals surface area contributed by atoms with Crippen LogP contribution in [0.5, 0.6) is 5.75 Å². The maximum Gasteiger partial charge on any atom is 0.309 e. The topological polar surface area (TPSA) is 46.5 Å². The van der Waals surface area contributed by atoms with Crippen molar-refractivity contribution >= 4 is 5.97 Å². The average Bonchev–Trinajstić information content (AvgIpc) is 2.62. The molecule has 0 aromatic heterocycles. The predicted molar refractivity (Wildman–Crippen MR) is 74.3 cm³/mol. The Labute approximate surface area is 114 Å². The third kappa shape index (κ3) is 2.34. The number of hydrogen-bond acceptors (Lipinski definition) is 3. The van der Waals surface area contributed by atoms with Crippen LogP contribution in [0.2, 0.25) is 0 Å². The van der Waals surface area contributed by atoms with Crippen LogP contribution in [0.4, 0.5) is 0 Å². The highest BCUT2D eigenvalue weighted by Crippen LogP contribution is 2.50. The Morgan fingerprint density at radius 1 is 1.53 bits per heavy atom. The second-order valence-electron chi connectivity index (χ2n) is 6.00. The van der Waals surface area contributed by atoms with Crippen LogP contribution in [0.1, 0.15) is 50.7 Å². The van der Waals surface area contributed by atoms with Gasteiger partial charge < -0.3 is 9.84 Å². The van der Waals surface area contributed by atoms with Crippen molar-refractivity contribution in [2.75, 3.05) is 7.11 Å². The van der Waals surface area contributed by atoms with Crippen molar-refractivity contribution in [3.8, 4) is 5.75 Å². The van der Waals surface area contributed by atoms with E-state index in [2.05, 4.69) is 13.8 Å². The number of rotatable bonds is 3. The first-order chi connectivity index (χ1) is 8.90. The molecule has 0 amide bonds. The Bertz CT molecular complexity index is 491. The van der Waals surface area contributed by atoms with E-state index in [0.717, 1.165) is 18.4 Å². The first-order valence-corrected chi connectivity index (χ1v) is 6.82. The van der Waals surface area contributed by atoms with E-state index in [1.807, 2.05) is 19.1 Å². The molecule has 19 heavy (non-hydrogen) atoms. The molecule has 1 N–H and O–H groups in total. The molecule has 3 heteroatoms. The fourth-order valence-electron chi connectivity index (χ4n) is 3.35. The van der Waals surface area contributed by atoms with Crippen LogP contribution < -0.4 is 0 Å². The van der Waals surface area contributed by atoms with Crippen molar-refractivity contribution in [2.24, 2.45) is 5.92 Å². The standard InChI is InChI=1S/C16H22O3/c1-5-11(15(18)19-4)13-9-16(2,3)14-8-10(17)6-7-12(13)14/h6-8,11,13,17H,5,9H2,1-4H3/t11-,13-/m1/s1. The zero-order chi connectivity index (χ0) is 14.2. The lowest BCUT2D eigenvalue weighted by molar-refractivity contribution is -0.146. The number of fused-ring (bicyclic) bond motifs is 1. The Morgan fingerprint density at radius 3 is 2.79 bits per heavy atom. The number of methoxy groups -OCH3 is 1. The van der Waals surface area contributed by atoms with Crippen LogP contribution in [0, 0.1) is 5.92 Å². The van der Waals surface area contributed by atoms with Crippen molar-refractivity contribution in [1.82, 2.24) is 0 Å². The molecule has 1 aliphatic rings. The maximum atomic E-state index is 11.9. The number of benzene rings is 1. The van der Waals surface area contributed by atoms with Gasteiger partial charge in [0.05, 0.1) is 13.0 Å². The van der Waals surface area contributed by atoms with Gasteiger partial charge in [-0.1, -0.05) is 26.8 Å². The van der Waals surface area contributed by atoms with E-state index in [1.54, 1.807) is 6.07 Å². The Kier molecular flexibility index (Phi) is 3.57. The smallest absolute Gasteiger partial charge is 0.309 e. The Balaban J connectivity index is 2.44. The molecule has 0 fully saturated rings. The van der Waals surface area contributed by atoms with Gasteiger partial charge in [-0.3, -0.25) is 4.79 Å². The molecule has 0 saturated carbocycles. The fourth-order valence-corrected chi connectivity index (χ4v) is 3.35. The second kappa shape index (κ2) is 4.87. The van der Waals surface area contributed by atoms with Crippen LogP contribution >= 0.6 is 0 Å². The molecular formula is C16H22O3. The summed E-state index contributed by atoms with van der Waals surface area (Å²) >= 11 is 0. The average molecular weight is 262 g/mol. The van der Waals surface area contributed by atoms with E-state index in [4.69, 9.17) is 4.74 Å². The minimum atomic E-state index is -0.135. The summed E-state index contributed by atoms with van der Waals surface area (Å²) in [5.74, 6) is 0.237. The lowest BCUT2D eigenvalue weighted by Crippen LogP contribution is -2.23. The van der Waals surface area contributed by atoms with Crippen molar-refractivity contribution < 1.29 is 14.6 Å². The quantitative estimate of drug-likeness (QED) is 0.850. The monoisotopic (exact) mass is 262 g/mol. The van der Waals surface area contributed by atoms with Gasteiger partial charge in [-0.05, 0) is 47.4 Å². The fraction of sp³-hybridized carbons (Fsp3) is 0.562. The van der Waals surface area contributed by atoms with Gasteiger partial charge in [0.1, 0.15) is 5.75 Å². The molecule has 0 unspecified atom stereocenters. The number of phenols is 1. The van der Waals surface area contributed by atoms with Crippen LogP contribution in [-0.2, 0) is 14.9 Å². The summed E-state index contributed by atoms with van der Waals surface area (Å²) in [5, 5.41) is 9.67. The van der Waals surface area contributed by atoms with E-state index in [0.29, 0.717) is 5.75 Å². The number of hydrogen-bond donors (Lipinski definition) is 1. The van der Waals surface area contributed by atoms with E-state index in [-0.39, 0.29) is 23.2 Å². The summed E-state index contributed by atoms with van der Waals surface area (Å²) in [4.78, 5) is 11.9. The van der Waals surface area contributed by atoms with Crippen LogP contribution in [0.3, 0.4) is 0 Å². The highest BCUT2D eigenvalue weighted by atomic mass is 16.5. The van der Waals surface area contributed by atoms with E-state index in [1.165, 1.54) is 12.7 Å². The van der Waals surface area contributed by atoms with Gasteiger partial charge in [0, 0.05) is 0 Å². The van der Waals surface area contributed by atoms with Crippen LogP contribution in [0.25, 0.3) is 0 Å². The molecule has 1 aromatic rings. The van der Waals surface area contributed by atoms with Gasteiger partial charge in [0.25, 0.3) is 0 Å². The molecule has 104 valence electrons. The number of esters is 1. The molecule has 0 spiro atoms. The van der Waals surface area contributed by atoms with Gasteiger partial charge in [0.2, 0.25) is 0 Å². The molecule has 2 atom stereocenters. The predicted octanol–water partition coefficient (Wildman–Crippen LogP) is 3.36. The van der Waals surface area contributed by atoms with E-state index < -0.39 is 0 Å². The minimum Gasteiger partial charge on any atom is -0.508 e. The van der Waals surface area contributed by atoms with Crippen LogP contribution in [0.15, 0.2) is 18.2 Å². The summed E-state index contributed by atoms with van der Waals surface area (Å²) < 4.78 is 4.93. The second-order valence-corrected chi connectivity index (χ2v) is 6.00. The van der Waals surface area contributed by atoms with Crippen LogP contribution in [-0.4, -0.2) is 18.2 Å². The number of phenolic OH excluding ortho intramolecular Hbond substituents is 1. The molecule has 0 radical (unpaired) electrons. The summed E-state index contributed by atoms with van der Waals surface area (Å²) in [5.41, 5.74) is 2.32. The molecule has 1 aliphatic carbocycles. The van der Waals surface area contributed by atoms with Gasteiger partial charge in [-0.25, -0.2) is 0 Å². The van der Waals surface area contributed by atoms with Crippen molar-refractivity contribution in [1.29, 1.82) is 0 Å². The number of ether oxygens (including phenoxy) is 1. The zero-order valence-corrected chi connectivity index (χ0v) is 12.1. The van der Waals surface area contributed by atoms with Crippen molar-refractivity contribution in [3.63, 3.8) is 0 Å². The normalized spacial score (nSPS) is 21.8. The molecule has 3 nitrogen and oxygen atoms in total. The highest BCUT2D eigenvalue weighted by Gasteiger charge is 2.42. The lowest BCUT2D eigenvalue weighted by atomic mass is 9.82. The minimum absolute atomic E-state index is 0.0137. The first kappa shape index (κ1) is 13.9. The zero-order valence-electron chi connectivity index (χ0n) is 12.1. The third-order valence-electron chi connectivity index (χ3n) is 4.33. The lowest BCUT2D eigenvalue weighted by Gasteiger charge is -2.23. The molecular weight excluding hydrogens is 240 g/mol. The molecule has 2 rings (SSSR count). The highest BCUT2D eigenvalue weighted by molar-refractivity contribution is 5.74. The van der Waals surface area contributed by atoms with Gasteiger partial charge in [-0.2, -0.15) is 0 Å². The SMILES string of the molecule is CC[C@@H](C(=O)OC)[C@H]1CC(C)(C)c2cc(O)ccc21. The summed E-state index contributed by atoms with van der Waals surface area (Å²) in [6.45, 7) is 6.34. The largest absolute Gasteiger partial charge is 0.508 e. The summed E-state index contributed by atoms with van der Waals surface area (Å²) in [6.07, 6.45) is 1.69. The van der Waals surface area contributed by atoms with Crippen molar-refractivity contribution in [2.45, 2.75) is 44.9 Å². The van der Waals surface area contributed by atoms with E-state index in [9.17, 15) is 9.90 Å². The maximum absolute atomic E-state index is 11.9. The third-order valence-corrected chi connectivity index (χ3v) is 4.33. The van der Waals surface area contributed by atoms with Crippen molar-refractivity contribution in [3.05, 3.63) is 29.3 Å².